The van der Waals surface area contributed by atoms with Crippen LogP contribution in [0.3, 0.4) is 0 Å². The topological polar surface area (TPSA) is 109 Å². The van der Waals surface area contributed by atoms with E-state index < -0.39 is 0 Å². The number of aromatic amines is 1. The molecule has 0 unspecified atom stereocenters. The molecule has 1 aliphatic heterocycles. The Morgan fingerprint density at radius 3 is 3.08 bits per heavy atom. The molecule has 9 heteroatoms. The van der Waals surface area contributed by atoms with Gasteiger partial charge in [-0.05, 0) is 13.8 Å². The second kappa shape index (κ2) is 7.10. The molecule has 1 aliphatic rings. The molecule has 1 fully saturated rings. The Bertz CT molecular complexity index is 697. The highest BCUT2D eigenvalue weighted by Crippen LogP contribution is 2.21. The Labute approximate surface area is 139 Å². The number of carbonyl (C=O) groups is 1. The van der Waals surface area contributed by atoms with Gasteiger partial charge in [0, 0.05) is 25.6 Å². The molecule has 0 aromatic carbocycles. The minimum atomic E-state index is -0.321. The van der Waals surface area contributed by atoms with E-state index in [2.05, 4.69) is 30.6 Å². The minimum absolute atomic E-state index is 0.131. The molecule has 1 saturated heterocycles. The van der Waals surface area contributed by atoms with E-state index in [4.69, 9.17) is 9.26 Å². The highest BCUT2D eigenvalue weighted by atomic mass is 16.5. The van der Waals surface area contributed by atoms with Crippen LogP contribution in [0.15, 0.2) is 10.6 Å². The van der Waals surface area contributed by atoms with Crippen LogP contribution < -0.4 is 5.32 Å². The number of H-pyrrole nitrogens is 1. The SMILES string of the molecule is CCc1nc([C@H]2CN([C@@H](C)C(=O)Nc3cc(C)on3)CCO2)n[nH]1. The summed E-state index contributed by atoms with van der Waals surface area (Å²) in [6.45, 7) is 7.42. The second-order valence-electron chi connectivity index (χ2n) is 5.84. The summed E-state index contributed by atoms with van der Waals surface area (Å²) < 4.78 is 10.7. The van der Waals surface area contributed by atoms with Crippen LogP contribution in [0.1, 0.15) is 37.4 Å². The number of hydrogen-bond acceptors (Lipinski definition) is 7. The maximum atomic E-state index is 12.4. The van der Waals surface area contributed by atoms with E-state index in [0.29, 0.717) is 37.1 Å². The maximum absolute atomic E-state index is 12.4. The lowest BCUT2D eigenvalue weighted by Crippen LogP contribution is -2.48. The number of morpholine rings is 1. The fraction of sp³-hybridized carbons (Fsp3) is 0.600. The Hall–Kier alpha value is -2.26. The number of ether oxygens (including phenoxy) is 1. The molecule has 0 bridgehead atoms. The molecule has 2 aromatic heterocycles. The molecule has 0 spiro atoms. The van der Waals surface area contributed by atoms with Gasteiger partial charge in [0.05, 0.1) is 12.6 Å². The fourth-order valence-electron chi connectivity index (χ4n) is 2.61. The third-order valence-electron chi connectivity index (χ3n) is 4.08. The largest absolute Gasteiger partial charge is 0.367 e. The van der Waals surface area contributed by atoms with Gasteiger partial charge in [0.1, 0.15) is 17.7 Å². The fourth-order valence-corrected chi connectivity index (χ4v) is 2.61. The number of carbonyl (C=O) groups excluding carboxylic acids is 1. The van der Waals surface area contributed by atoms with Gasteiger partial charge in [-0.15, -0.1) is 0 Å². The molecular formula is C15H22N6O3. The van der Waals surface area contributed by atoms with Gasteiger partial charge in [-0.2, -0.15) is 5.10 Å². The first-order valence-corrected chi connectivity index (χ1v) is 8.07. The van der Waals surface area contributed by atoms with Gasteiger partial charge >= 0.3 is 0 Å². The molecular weight excluding hydrogens is 312 g/mol. The zero-order valence-electron chi connectivity index (χ0n) is 14.1. The molecule has 1 amide bonds. The Kier molecular flexibility index (Phi) is 4.91. The number of nitrogens with one attached hydrogen (secondary N) is 2. The predicted molar refractivity (Wildman–Crippen MR) is 85.4 cm³/mol. The lowest BCUT2D eigenvalue weighted by molar-refractivity contribution is -0.124. The van der Waals surface area contributed by atoms with Crippen molar-refractivity contribution in [3.8, 4) is 0 Å². The Morgan fingerprint density at radius 2 is 2.42 bits per heavy atom. The molecule has 0 radical (unpaired) electrons. The summed E-state index contributed by atoms with van der Waals surface area (Å²) in [7, 11) is 0. The monoisotopic (exact) mass is 334 g/mol. The third-order valence-corrected chi connectivity index (χ3v) is 4.08. The van der Waals surface area contributed by atoms with E-state index in [1.807, 2.05) is 13.8 Å². The number of nitrogens with zero attached hydrogens (tertiary/aromatic N) is 4. The van der Waals surface area contributed by atoms with Crippen molar-refractivity contribution in [3.63, 3.8) is 0 Å². The average Bonchev–Trinajstić information content (AvgIpc) is 3.23. The van der Waals surface area contributed by atoms with Crippen molar-refractivity contribution < 1.29 is 14.1 Å². The van der Waals surface area contributed by atoms with Crippen LogP contribution in [0, 0.1) is 6.92 Å². The van der Waals surface area contributed by atoms with Crippen molar-refractivity contribution in [2.75, 3.05) is 25.0 Å². The van der Waals surface area contributed by atoms with Gasteiger partial charge in [-0.1, -0.05) is 12.1 Å². The first kappa shape index (κ1) is 16.6. The predicted octanol–water partition coefficient (Wildman–Crippen LogP) is 1.06. The molecule has 24 heavy (non-hydrogen) atoms. The molecule has 2 aromatic rings. The van der Waals surface area contributed by atoms with Gasteiger partial charge in [-0.3, -0.25) is 14.8 Å². The smallest absolute Gasteiger partial charge is 0.242 e. The van der Waals surface area contributed by atoms with Crippen molar-refractivity contribution >= 4 is 11.7 Å². The van der Waals surface area contributed by atoms with Gasteiger partial charge in [0.15, 0.2) is 11.6 Å². The van der Waals surface area contributed by atoms with E-state index in [0.717, 1.165) is 12.2 Å². The summed E-state index contributed by atoms with van der Waals surface area (Å²) in [5.41, 5.74) is 0. The summed E-state index contributed by atoms with van der Waals surface area (Å²) in [6.07, 6.45) is 0.555. The molecule has 0 aliphatic carbocycles. The molecule has 130 valence electrons. The summed E-state index contributed by atoms with van der Waals surface area (Å²) in [5.74, 6) is 2.42. The molecule has 2 atom stereocenters. The zero-order chi connectivity index (χ0) is 17.1. The van der Waals surface area contributed by atoms with Crippen molar-refractivity contribution in [1.29, 1.82) is 0 Å². The quantitative estimate of drug-likeness (QED) is 0.841. The number of amides is 1. The van der Waals surface area contributed by atoms with E-state index in [1.165, 1.54) is 0 Å². The van der Waals surface area contributed by atoms with E-state index >= 15 is 0 Å². The van der Waals surface area contributed by atoms with Crippen LogP contribution in [-0.4, -0.2) is 56.9 Å². The van der Waals surface area contributed by atoms with Crippen molar-refractivity contribution in [2.24, 2.45) is 0 Å². The standard InChI is InChI=1S/C15H22N6O3/c1-4-12-16-14(19-18-12)11-8-21(5-6-23-11)10(3)15(22)17-13-7-9(2)24-20-13/h7,10-11H,4-6,8H2,1-3H3,(H,16,18,19)(H,17,20,22)/t10-,11+/m0/s1. The number of aromatic nitrogens is 4. The summed E-state index contributed by atoms with van der Waals surface area (Å²) in [5, 5.41) is 13.7. The molecule has 0 saturated carbocycles. The Morgan fingerprint density at radius 1 is 1.58 bits per heavy atom. The molecule has 3 rings (SSSR count). The Balaban J connectivity index is 1.61. The number of aryl methyl sites for hydroxylation is 2. The van der Waals surface area contributed by atoms with E-state index in [9.17, 15) is 4.79 Å². The first-order chi connectivity index (χ1) is 11.6. The number of rotatable bonds is 5. The maximum Gasteiger partial charge on any atom is 0.242 e. The van der Waals surface area contributed by atoms with Gasteiger partial charge in [0.2, 0.25) is 5.91 Å². The summed E-state index contributed by atoms with van der Waals surface area (Å²) >= 11 is 0. The highest BCUT2D eigenvalue weighted by Gasteiger charge is 2.31. The van der Waals surface area contributed by atoms with Crippen molar-refractivity contribution in [1.82, 2.24) is 25.2 Å². The molecule has 9 nitrogen and oxygen atoms in total. The average molecular weight is 334 g/mol. The lowest BCUT2D eigenvalue weighted by Gasteiger charge is -2.34. The van der Waals surface area contributed by atoms with E-state index in [-0.39, 0.29) is 18.1 Å². The van der Waals surface area contributed by atoms with Crippen LogP contribution in [0.4, 0.5) is 5.82 Å². The minimum Gasteiger partial charge on any atom is -0.367 e. The van der Waals surface area contributed by atoms with Crippen molar-refractivity contribution in [2.45, 2.75) is 39.3 Å². The van der Waals surface area contributed by atoms with Crippen LogP contribution >= 0.6 is 0 Å². The zero-order valence-corrected chi connectivity index (χ0v) is 14.1. The normalized spacial score (nSPS) is 20.0. The lowest BCUT2D eigenvalue weighted by atomic mass is 10.2. The van der Waals surface area contributed by atoms with Crippen LogP contribution in [0.2, 0.25) is 0 Å². The number of hydrogen-bond donors (Lipinski definition) is 2. The van der Waals surface area contributed by atoms with Crippen LogP contribution in [-0.2, 0) is 16.0 Å². The van der Waals surface area contributed by atoms with Crippen LogP contribution in [0.5, 0.6) is 0 Å². The highest BCUT2D eigenvalue weighted by molar-refractivity contribution is 5.93. The van der Waals surface area contributed by atoms with Gasteiger partial charge in [0.25, 0.3) is 0 Å². The second-order valence-corrected chi connectivity index (χ2v) is 5.84. The number of anilines is 1. The van der Waals surface area contributed by atoms with Gasteiger partial charge in [-0.25, -0.2) is 4.98 Å². The molecule has 3 heterocycles. The third kappa shape index (κ3) is 3.62. The van der Waals surface area contributed by atoms with Crippen LogP contribution in [0.25, 0.3) is 0 Å². The summed E-state index contributed by atoms with van der Waals surface area (Å²) in [6, 6.07) is 1.37. The van der Waals surface area contributed by atoms with E-state index in [1.54, 1.807) is 13.0 Å². The first-order valence-electron chi connectivity index (χ1n) is 8.07. The van der Waals surface area contributed by atoms with Gasteiger partial charge < -0.3 is 14.6 Å². The van der Waals surface area contributed by atoms with Crippen molar-refractivity contribution in [3.05, 3.63) is 23.5 Å². The summed E-state index contributed by atoms with van der Waals surface area (Å²) in [4.78, 5) is 18.9. The molecule has 2 N–H and O–H groups in total.